The molecule has 2 rings (SSSR count). The molecule has 4 nitrogen and oxygen atoms in total. The molecule has 0 heterocycles. The molecule has 0 aliphatic heterocycles. The molecule has 1 unspecified atom stereocenters. The van der Waals surface area contributed by atoms with Gasteiger partial charge in [-0.15, -0.1) is 0 Å². The van der Waals surface area contributed by atoms with Crippen molar-refractivity contribution in [3.63, 3.8) is 0 Å². The van der Waals surface area contributed by atoms with Crippen LogP contribution >= 0.6 is 23.2 Å². The lowest BCUT2D eigenvalue weighted by atomic mass is 10.2. The van der Waals surface area contributed by atoms with Crippen molar-refractivity contribution in [3.8, 4) is 0 Å². The van der Waals surface area contributed by atoms with Crippen molar-refractivity contribution in [2.75, 3.05) is 0 Å². The summed E-state index contributed by atoms with van der Waals surface area (Å²) < 4.78 is 27.2. The number of hydrogen-bond donors (Lipinski definition) is 2. The van der Waals surface area contributed by atoms with Crippen molar-refractivity contribution < 1.29 is 8.42 Å². The summed E-state index contributed by atoms with van der Waals surface area (Å²) in [4.78, 5) is 0.0338. The number of nitrogens with one attached hydrogen (secondary N) is 1. The molecule has 7 heteroatoms. The molecule has 0 spiro atoms. The van der Waals surface area contributed by atoms with Gasteiger partial charge in [-0.25, -0.2) is 13.1 Å². The number of nitrogens with two attached hydrogens (primary N) is 1. The van der Waals surface area contributed by atoms with E-state index in [2.05, 4.69) is 4.72 Å². The fraction of sp³-hybridized carbons (Fsp3) is 0.500. The molecule has 19 heavy (non-hydrogen) atoms. The van der Waals surface area contributed by atoms with Crippen LogP contribution in [0, 0.1) is 5.92 Å². The molecule has 0 radical (unpaired) electrons. The van der Waals surface area contributed by atoms with Gasteiger partial charge in [0, 0.05) is 17.6 Å². The minimum atomic E-state index is -3.64. The van der Waals surface area contributed by atoms with Gasteiger partial charge in [0.1, 0.15) is 4.90 Å². The molecule has 1 aliphatic rings. The van der Waals surface area contributed by atoms with Gasteiger partial charge in [0.25, 0.3) is 0 Å². The Balaban J connectivity index is 2.33. The lowest BCUT2D eigenvalue weighted by molar-refractivity contribution is 0.538. The predicted molar refractivity (Wildman–Crippen MR) is 76.9 cm³/mol. The minimum absolute atomic E-state index is 0.0338. The van der Waals surface area contributed by atoms with Gasteiger partial charge in [0.2, 0.25) is 10.0 Å². The van der Waals surface area contributed by atoms with E-state index < -0.39 is 10.0 Å². The molecule has 0 saturated heterocycles. The highest BCUT2D eigenvalue weighted by atomic mass is 35.5. The van der Waals surface area contributed by atoms with Gasteiger partial charge in [-0.05, 0) is 43.4 Å². The summed E-state index contributed by atoms with van der Waals surface area (Å²) in [6, 6.07) is 2.77. The summed E-state index contributed by atoms with van der Waals surface area (Å²) in [5, 5.41) is 0.486. The Kier molecular flexibility index (Phi) is 4.42. The standard InChI is InChI=1S/C12H16Cl2N2O2S/c1-7(8-2-3-8)16-19(17,18)12-4-9(6-15)10(13)5-11(12)14/h4-5,7-8,16H,2-3,6,15H2,1H3. The molecule has 1 saturated carbocycles. The molecule has 0 bridgehead atoms. The highest BCUT2D eigenvalue weighted by molar-refractivity contribution is 7.89. The van der Waals surface area contributed by atoms with Crippen molar-refractivity contribution in [1.82, 2.24) is 4.72 Å². The second kappa shape index (κ2) is 5.58. The Hall–Kier alpha value is -0.330. The summed E-state index contributed by atoms with van der Waals surface area (Å²) >= 11 is 11.9. The molecule has 1 aliphatic carbocycles. The van der Waals surface area contributed by atoms with Gasteiger partial charge in [0.15, 0.2) is 0 Å². The van der Waals surface area contributed by atoms with Gasteiger partial charge < -0.3 is 5.73 Å². The van der Waals surface area contributed by atoms with Crippen LogP contribution in [0.3, 0.4) is 0 Å². The van der Waals surface area contributed by atoms with Crippen molar-refractivity contribution in [3.05, 3.63) is 27.7 Å². The van der Waals surface area contributed by atoms with Crippen LogP contribution < -0.4 is 10.5 Å². The monoisotopic (exact) mass is 322 g/mol. The zero-order valence-corrected chi connectivity index (χ0v) is 12.8. The number of benzene rings is 1. The lowest BCUT2D eigenvalue weighted by Crippen LogP contribution is -2.34. The third-order valence-electron chi connectivity index (χ3n) is 3.28. The second-order valence-corrected chi connectivity index (χ2v) is 7.32. The number of rotatable bonds is 5. The molecule has 1 fully saturated rings. The van der Waals surface area contributed by atoms with Gasteiger partial charge in [-0.3, -0.25) is 0 Å². The molecule has 106 valence electrons. The first kappa shape index (κ1) is 15.1. The Morgan fingerprint density at radius 1 is 1.37 bits per heavy atom. The van der Waals surface area contributed by atoms with E-state index in [1.54, 1.807) is 0 Å². The Bertz CT molecular complexity index is 586. The molecule has 1 aromatic carbocycles. The summed E-state index contributed by atoms with van der Waals surface area (Å²) in [5.41, 5.74) is 6.09. The summed E-state index contributed by atoms with van der Waals surface area (Å²) in [6.07, 6.45) is 2.12. The van der Waals surface area contributed by atoms with Gasteiger partial charge >= 0.3 is 0 Å². The van der Waals surface area contributed by atoms with E-state index in [0.29, 0.717) is 16.5 Å². The summed E-state index contributed by atoms with van der Waals surface area (Å²) in [7, 11) is -3.64. The van der Waals surface area contributed by atoms with Gasteiger partial charge in [-0.2, -0.15) is 0 Å². The smallest absolute Gasteiger partial charge is 0.242 e. The summed E-state index contributed by atoms with van der Waals surface area (Å²) in [5.74, 6) is 0.426. The molecule has 1 aromatic rings. The van der Waals surface area contributed by atoms with Crippen LogP contribution in [0.15, 0.2) is 17.0 Å². The first-order chi connectivity index (χ1) is 8.85. The van der Waals surface area contributed by atoms with E-state index in [-0.39, 0.29) is 22.5 Å². The predicted octanol–water partition coefficient (Wildman–Crippen LogP) is 2.53. The van der Waals surface area contributed by atoms with Crippen LogP contribution in [-0.4, -0.2) is 14.5 Å². The van der Waals surface area contributed by atoms with Crippen molar-refractivity contribution in [2.45, 2.75) is 37.2 Å². The quantitative estimate of drug-likeness (QED) is 0.874. The number of hydrogen-bond acceptors (Lipinski definition) is 3. The number of sulfonamides is 1. The molecule has 3 N–H and O–H groups in total. The van der Waals surface area contributed by atoms with Crippen LogP contribution in [0.4, 0.5) is 0 Å². The average Bonchev–Trinajstić information content (AvgIpc) is 3.11. The average molecular weight is 323 g/mol. The zero-order valence-electron chi connectivity index (χ0n) is 10.5. The van der Waals surface area contributed by atoms with Crippen molar-refractivity contribution in [2.24, 2.45) is 11.7 Å². The maximum absolute atomic E-state index is 12.3. The molecular formula is C12H16Cl2N2O2S. The third kappa shape index (κ3) is 3.41. The van der Waals surface area contributed by atoms with E-state index in [0.717, 1.165) is 12.8 Å². The Morgan fingerprint density at radius 2 is 2.00 bits per heavy atom. The lowest BCUT2D eigenvalue weighted by Gasteiger charge is -2.15. The van der Waals surface area contributed by atoms with Crippen LogP contribution in [0.2, 0.25) is 10.0 Å². The largest absolute Gasteiger partial charge is 0.326 e. The van der Waals surface area contributed by atoms with Gasteiger partial charge in [0.05, 0.1) is 5.02 Å². The van der Waals surface area contributed by atoms with E-state index >= 15 is 0 Å². The minimum Gasteiger partial charge on any atom is -0.326 e. The fourth-order valence-electron chi connectivity index (χ4n) is 1.93. The highest BCUT2D eigenvalue weighted by Crippen LogP contribution is 2.34. The van der Waals surface area contributed by atoms with Crippen LogP contribution in [-0.2, 0) is 16.6 Å². The molecule has 0 amide bonds. The first-order valence-electron chi connectivity index (χ1n) is 6.05. The van der Waals surface area contributed by atoms with Crippen molar-refractivity contribution in [1.29, 1.82) is 0 Å². The maximum atomic E-state index is 12.3. The fourth-order valence-corrected chi connectivity index (χ4v) is 4.12. The second-order valence-electron chi connectivity index (χ2n) is 4.83. The molecule has 0 aromatic heterocycles. The maximum Gasteiger partial charge on any atom is 0.242 e. The van der Waals surface area contributed by atoms with Gasteiger partial charge in [-0.1, -0.05) is 23.2 Å². The van der Waals surface area contributed by atoms with Crippen LogP contribution in [0.25, 0.3) is 0 Å². The van der Waals surface area contributed by atoms with Crippen LogP contribution in [0.5, 0.6) is 0 Å². The SMILES string of the molecule is CC(NS(=O)(=O)c1cc(CN)c(Cl)cc1Cl)C1CC1. The Labute approximate surface area is 123 Å². The van der Waals surface area contributed by atoms with E-state index in [1.807, 2.05) is 6.92 Å². The Morgan fingerprint density at radius 3 is 2.53 bits per heavy atom. The topological polar surface area (TPSA) is 72.2 Å². The first-order valence-corrected chi connectivity index (χ1v) is 8.29. The highest BCUT2D eigenvalue weighted by Gasteiger charge is 2.32. The van der Waals surface area contributed by atoms with Crippen molar-refractivity contribution >= 4 is 33.2 Å². The molecular weight excluding hydrogens is 307 g/mol. The summed E-state index contributed by atoms with van der Waals surface area (Å²) in [6.45, 7) is 2.03. The number of halogens is 2. The zero-order chi connectivity index (χ0) is 14.2. The normalized spacial score (nSPS) is 17.5. The molecule has 1 atom stereocenters. The van der Waals surface area contributed by atoms with E-state index in [4.69, 9.17) is 28.9 Å². The van der Waals surface area contributed by atoms with E-state index in [1.165, 1.54) is 12.1 Å². The van der Waals surface area contributed by atoms with E-state index in [9.17, 15) is 8.42 Å². The van der Waals surface area contributed by atoms with Crippen LogP contribution in [0.1, 0.15) is 25.3 Å². The third-order valence-corrected chi connectivity index (χ3v) is 5.66.